The standard InChI is InChI=1S/C13H24N4/c1-4-17-8-5-12(6-9-17)15-11(2)13-14-7-10-16(13)3/h7,10-12,15H,4-6,8-9H2,1-3H3. The molecule has 2 rings (SSSR count). The summed E-state index contributed by atoms with van der Waals surface area (Å²) in [5.41, 5.74) is 0. The van der Waals surface area contributed by atoms with Crippen LogP contribution in [0.3, 0.4) is 0 Å². The molecule has 1 unspecified atom stereocenters. The summed E-state index contributed by atoms with van der Waals surface area (Å²) < 4.78 is 2.10. The van der Waals surface area contributed by atoms with Crippen LogP contribution in [0.25, 0.3) is 0 Å². The fraction of sp³-hybridized carbons (Fsp3) is 0.769. The van der Waals surface area contributed by atoms with Gasteiger partial charge in [-0.3, -0.25) is 0 Å². The number of rotatable bonds is 4. The quantitative estimate of drug-likeness (QED) is 0.861. The first-order chi connectivity index (χ1) is 8.20. The number of likely N-dealkylation sites (tertiary alicyclic amines) is 1. The Balaban J connectivity index is 1.84. The monoisotopic (exact) mass is 236 g/mol. The van der Waals surface area contributed by atoms with Crippen molar-refractivity contribution >= 4 is 0 Å². The Morgan fingerprint density at radius 3 is 2.71 bits per heavy atom. The molecule has 0 radical (unpaired) electrons. The van der Waals surface area contributed by atoms with Crippen molar-refractivity contribution in [2.75, 3.05) is 19.6 Å². The first kappa shape index (κ1) is 12.6. The molecule has 2 heterocycles. The lowest BCUT2D eigenvalue weighted by Gasteiger charge is -2.33. The molecule has 1 aliphatic heterocycles. The molecule has 0 aliphatic carbocycles. The summed E-state index contributed by atoms with van der Waals surface area (Å²) in [6.07, 6.45) is 6.38. The topological polar surface area (TPSA) is 33.1 Å². The zero-order valence-electron chi connectivity index (χ0n) is 11.2. The maximum atomic E-state index is 4.40. The van der Waals surface area contributed by atoms with Gasteiger partial charge in [-0.05, 0) is 39.4 Å². The summed E-state index contributed by atoms with van der Waals surface area (Å²) in [5, 5.41) is 3.70. The molecule has 1 saturated heterocycles. The normalized spacial score (nSPS) is 20.6. The third-order valence-corrected chi connectivity index (χ3v) is 3.77. The van der Waals surface area contributed by atoms with Crippen LogP contribution in [0.15, 0.2) is 12.4 Å². The summed E-state index contributed by atoms with van der Waals surface area (Å²) in [4.78, 5) is 6.92. The van der Waals surface area contributed by atoms with Crippen LogP contribution < -0.4 is 5.32 Å². The summed E-state index contributed by atoms with van der Waals surface area (Å²) in [5.74, 6) is 1.13. The highest BCUT2D eigenvalue weighted by Gasteiger charge is 2.20. The summed E-state index contributed by atoms with van der Waals surface area (Å²) in [7, 11) is 2.06. The Hall–Kier alpha value is -0.870. The van der Waals surface area contributed by atoms with E-state index in [4.69, 9.17) is 0 Å². The molecule has 96 valence electrons. The Morgan fingerprint density at radius 2 is 2.18 bits per heavy atom. The van der Waals surface area contributed by atoms with E-state index in [0.717, 1.165) is 5.82 Å². The number of nitrogens with zero attached hydrogens (tertiary/aromatic N) is 3. The number of aryl methyl sites for hydroxylation is 1. The predicted molar refractivity (Wildman–Crippen MR) is 69.9 cm³/mol. The molecule has 0 bridgehead atoms. The lowest BCUT2D eigenvalue weighted by atomic mass is 10.0. The highest BCUT2D eigenvalue weighted by molar-refractivity contribution is 4.98. The third kappa shape index (κ3) is 3.07. The molecule has 1 atom stereocenters. The molecule has 0 amide bonds. The second kappa shape index (κ2) is 5.65. The molecule has 1 fully saturated rings. The zero-order chi connectivity index (χ0) is 12.3. The van der Waals surface area contributed by atoms with Gasteiger partial charge in [0.05, 0.1) is 6.04 Å². The molecule has 0 saturated carbocycles. The second-order valence-corrected chi connectivity index (χ2v) is 4.99. The molecule has 1 aliphatic rings. The summed E-state index contributed by atoms with van der Waals surface area (Å²) in [6.45, 7) is 8.07. The Labute approximate surface area is 104 Å². The number of hydrogen-bond acceptors (Lipinski definition) is 3. The molecular weight excluding hydrogens is 212 g/mol. The van der Waals surface area contributed by atoms with Crippen LogP contribution in [0, 0.1) is 0 Å². The lowest BCUT2D eigenvalue weighted by molar-refractivity contribution is 0.199. The van der Waals surface area contributed by atoms with Crippen molar-refractivity contribution in [3.05, 3.63) is 18.2 Å². The van der Waals surface area contributed by atoms with Gasteiger partial charge in [-0.25, -0.2) is 4.98 Å². The maximum absolute atomic E-state index is 4.40. The fourth-order valence-corrected chi connectivity index (χ4v) is 2.64. The van der Waals surface area contributed by atoms with Gasteiger partial charge < -0.3 is 14.8 Å². The van der Waals surface area contributed by atoms with Gasteiger partial charge in [0.25, 0.3) is 0 Å². The summed E-state index contributed by atoms with van der Waals surface area (Å²) >= 11 is 0. The van der Waals surface area contributed by atoms with Gasteiger partial charge in [0.2, 0.25) is 0 Å². The van der Waals surface area contributed by atoms with Gasteiger partial charge in [0, 0.05) is 25.5 Å². The molecule has 4 nitrogen and oxygen atoms in total. The third-order valence-electron chi connectivity index (χ3n) is 3.77. The van der Waals surface area contributed by atoms with E-state index in [1.807, 2.05) is 12.4 Å². The molecule has 17 heavy (non-hydrogen) atoms. The van der Waals surface area contributed by atoms with Gasteiger partial charge in [-0.15, -0.1) is 0 Å². The van der Waals surface area contributed by atoms with E-state index in [0.29, 0.717) is 12.1 Å². The molecule has 0 aromatic carbocycles. The van der Waals surface area contributed by atoms with Crippen LogP contribution in [0.5, 0.6) is 0 Å². The largest absolute Gasteiger partial charge is 0.337 e. The van der Waals surface area contributed by atoms with Crippen molar-refractivity contribution in [1.29, 1.82) is 0 Å². The maximum Gasteiger partial charge on any atom is 0.125 e. The van der Waals surface area contributed by atoms with Gasteiger partial charge in [-0.1, -0.05) is 6.92 Å². The number of nitrogens with one attached hydrogen (secondary N) is 1. The lowest BCUT2D eigenvalue weighted by Crippen LogP contribution is -2.43. The Bertz CT molecular complexity index is 339. The minimum absolute atomic E-state index is 0.341. The number of piperidine rings is 1. The average Bonchev–Trinajstić information content (AvgIpc) is 2.76. The van der Waals surface area contributed by atoms with Crippen LogP contribution in [0.1, 0.15) is 38.6 Å². The first-order valence-electron chi connectivity index (χ1n) is 6.66. The first-order valence-corrected chi connectivity index (χ1v) is 6.66. The summed E-state index contributed by atoms with van der Waals surface area (Å²) in [6, 6.07) is 0.984. The van der Waals surface area contributed by atoms with Gasteiger partial charge in [0.1, 0.15) is 5.82 Å². The van der Waals surface area contributed by atoms with Crippen molar-refractivity contribution in [2.45, 2.75) is 38.8 Å². The fourth-order valence-electron chi connectivity index (χ4n) is 2.64. The molecule has 4 heteroatoms. The highest BCUT2D eigenvalue weighted by Crippen LogP contribution is 2.15. The number of hydrogen-bond donors (Lipinski definition) is 1. The van der Waals surface area contributed by atoms with Crippen LogP contribution in [-0.4, -0.2) is 40.1 Å². The smallest absolute Gasteiger partial charge is 0.125 e. The molecule has 1 aromatic rings. The van der Waals surface area contributed by atoms with Crippen LogP contribution >= 0.6 is 0 Å². The van der Waals surface area contributed by atoms with Crippen molar-refractivity contribution in [1.82, 2.24) is 19.8 Å². The van der Waals surface area contributed by atoms with E-state index in [1.165, 1.54) is 32.5 Å². The SMILES string of the molecule is CCN1CCC(NC(C)c2nccn2C)CC1. The molecular formula is C13H24N4. The number of imidazole rings is 1. The molecule has 1 aromatic heterocycles. The van der Waals surface area contributed by atoms with E-state index in [2.05, 4.69) is 40.7 Å². The van der Waals surface area contributed by atoms with E-state index < -0.39 is 0 Å². The highest BCUT2D eigenvalue weighted by atomic mass is 15.1. The van der Waals surface area contributed by atoms with Gasteiger partial charge in [-0.2, -0.15) is 0 Å². The van der Waals surface area contributed by atoms with E-state index in [-0.39, 0.29) is 0 Å². The van der Waals surface area contributed by atoms with Crippen LogP contribution in [-0.2, 0) is 7.05 Å². The zero-order valence-corrected chi connectivity index (χ0v) is 11.2. The molecule has 1 N–H and O–H groups in total. The van der Waals surface area contributed by atoms with Crippen molar-refractivity contribution in [3.8, 4) is 0 Å². The predicted octanol–water partition coefficient (Wildman–Crippen LogP) is 1.55. The minimum atomic E-state index is 0.341. The van der Waals surface area contributed by atoms with Crippen molar-refractivity contribution in [2.24, 2.45) is 7.05 Å². The number of aromatic nitrogens is 2. The van der Waals surface area contributed by atoms with Gasteiger partial charge >= 0.3 is 0 Å². The van der Waals surface area contributed by atoms with E-state index >= 15 is 0 Å². The van der Waals surface area contributed by atoms with E-state index in [9.17, 15) is 0 Å². The van der Waals surface area contributed by atoms with Crippen LogP contribution in [0.4, 0.5) is 0 Å². The average molecular weight is 236 g/mol. The Morgan fingerprint density at radius 1 is 1.47 bits per heavy atom. The van der Waals surface area contributed by atoms with Crippen molar-refractivity contribution in [3.63, 3.8) is 0 Å². The molecule has 0 spiro atoms. The minimum Gasteiger partial charge on any atom is -0.337 e. The van der Waals surface area contributed by atoms with Gasteiger partial charge in [0.15, 0.2) is 0 Å². The van der Waals surface area contributed by atoms with E-state index in [1.54, 1.807) is 0 Å². The van der Waals surface area contributed by atoms with Crippen LogP contribution in [0.2, 0.25) is 0 Å². The van der Waals surface area contributed by atoms with Crippen molar-refractivity contribution < 1.29 is 0 Å². The second-order valence-electron chi connectivity index (χ2n) is 4.99. The Kier molecular flexibility index (Phi) is 4.18.